The van der Waals surface area contributed by atoms with Gasteiger partial charge in [-0.2, -0.15) is 0 Å². The van der Waals surface area contributed by atoms with E-state index in [1.165, 1.54) is 11.0 Å². The molecule has 0 saturated heterocycles. The number of hydrogen-bond acceptors (Lipinski definition) is 4. The Morgan fingerprint density at radius 1 is 1.18 bits per heavy atom. The van der Waals surface area contributed by atoms with Crippen LogP contribution in [0, 0.1) is 0 Å². The van der Waals surface area contributed by atoms with Gasteiger partial charge in [0.05, 0.1) is 18.3 Å². The molecule has 2 heterocycles. The Balaban J connectivity index is 1.66. The molecule has 1 aromatic carbocycles. The van der Waals surface area contributed by atoms with Crippen LogP contribution in [0.15, 0.2) is 47.4 Å². The van der Waals surface area contributed by atoms with Gasteiger partial charge in [-0.1, -0.05) is 31.4 Å². The number of amides is 1. The first-order valence-corrected chi connectivity index (χ1v) is 9.67. The maximum Gasteiger partial charge on any atom is 0.331 e. The van der Waals surface area contributed by atoms with Crippen molar-refractivity contribution < 1.29 is 9.53 Å². The van der Waals surface area contributed by atoms with E-state index >= 15 is 0 Å². The zero-order valence-electron chi connectivity index (χ0n) is 15.9. The number of para-hydroxylation sites is 2. The summed E-state index contributed by atoms with van der Waals surface area (Å²) in [5.74, 6) is 0.299. The number of rotatable bonds is 5. The zero-order chi connectivity index (χ0) is 19.5. The second-order valence-corrected chi connectivity index (χ2v) is 7.13. The van der Waals surface area contributed by atoms with Gasteiger partial charge in [-0.15, -0.1) is 0 Å². The van der Waals surface area contributed by atoms with Crippen LogP contribution in [-0.2, 0) is 11.3 Å². The van der Waals surface area contributed by atoms with Crippen molar-refractivity contribution in [2.45, 2.75) is 44.7 Å². The fourth-order valence-electron chi connectivity index (χ4n) is 4.01. The number of hydrogen-bond donors (Lipinski definition) is 1. The van der Waals surface area contributed by atoms with E-state index in [4.69, 9.17) is 4.74 Å². The molecule has 0 aliphatic heterocycles. The summed E-state index contributed by atoms with van der Waals surface area (Å²) in [6, 6.07) is 11.0. The number of pyridine rings is 1. The monoisotopic (exact) mass is 380 g/mol. The summed E-state index contributed by atoms with van der Waals surface area (Å²) in [5.41, 5.74) is 1.76. The number of carbonyl (C=O) groups excluding carboxylic acids is 1. The highest BCUT2D eigenvalue weighted by atomic mass is 16.5. The Hall–Kier alpha value is -3.09. The number of anilines is 1. The lowest BCUT2D eigenvalue weighted by molar-refractivity contribution is -0.116. The van der Waals surface area contributed by atoms with E-state index < -0.39 is 0 Å². The Labute approximate surface area is 163 Å². The predicted octanol–water partition coefficient (Wildman–Crippen LogP) is 3.35. The SMILES string of the molecule is COc1ccccc1NC(=O)Cn1c(=O)n(C2CCCCC2)c2ncccc21. The molecule has 28 heavy (non-hydrogen) atoms. The van der Waals surface area contributed by atoms with Crippen LogP contribution in [0.4, 0.5) is 5.69 Å². The summed E-state index contributed by atoms with van der Waals surface area (Å²) in [6.07, 6.45) is 7.08. The van der Waals surface area contributed by atoms with E-state index in [1.807, 2.05) is 18.2 Å². The highest BCUT2D eigenvalue weighted by Gasteiger charge is 2.24. The fraction of sp³-hybridized carbons (Fsp3) is 0.381. The maximum absolute atomic E-state index is 13.2. The first-order valence-electron chi connectivity index (χ1n) is 9.67. The van der Waals surface area contributed by atoms with E-state index in [0.29, 0.717) is 22.6 Å². The van der Waals surface area contributed by atoms with Crippen LogP contribution in [-0.4, -0.2) is 27.1 Å². The van der Waals surface area contributed by atoms with Gasteiger partial charge in [0.15, 0.2) is 5.65 Å². The average Bonchev–Trinajstić information content (AvgIpc) is 3.00. The van der Waals surface area contributed by atoms with Gasteiger partial charge in [-0.05, 0) is 37.1 Å². The Bertz CT molecular complexity index is 1050. The molecule has 3 aromatic rings. The van der Waals surface area contributed by atoms with E-state index in [-0.39, 0.29) is 24.2 Å². The van der Waals surface area contributed by atoms with Gasteiger partial charge in [-0.25, -0.2) is 9.78 Å². The number of ether oxygens (including phenoxy) is 1. The van der Waals surface area contributed by atoms with E-state index in [1.54, 1.807) is 36.1 Å². The molecule has 0 spiro atoms. The molecule has 0 atom stereocenters. The number of nitrogens with zero attached hydrogens (tertiary/aromatic N) is 3. The fourth-order valence-corrected chi connectivity index (χ4v) is 4.01. The molecule has 1 fully saturated rings. The number of benzene rings is 1. The summed E-state index contributed by atoms with van der Waals surface area (Å²) < 4.78 is 8.57. The number of nitrogens with one attached hydrogen (secondary N) is 1. The van der Waals surface area contributed by atoms with Crippen LogP contribution < -0.4 is 15.7 Å². The summed E-state index contributed by atoms with van der Waals surface area (Å²) in [4.78, 5) is 30.3. The van der Waals surface area contributed by atoms with E-state index in [2.05, 4.69) is 10.3 Å². The summed E-state index contributed by atoms with van der Waals surface area (Å²) in [6.45, 7) is -0.0706. The van der Waals surface area contributed by atoms with Gasteiger partial charge in [-0.3, -0.25) is 13.9 Å². The van der Waals surface area contributed by atoms with E-state index in [0.717, 1.165) is 25.7 Å². The van der Waals surface area contributed by atoms with Crippen molar-refractivity contribution >= 4 is 22.8 Å². The van der Waals surface area contributed by atoms with Crippen molar-refractivity contribution in [2.75, 3.05) is 12.4 Å². The molecule has 0 bridgehead atoms. The lowest BCUT2D eigenvalue weighted by Gasteiger charge is -2.22. The normalized spacial score (nSPS) is 14.9. The number of carbonyl (C=O) groups is 1. The van der Waals surface area contributed by atoms with Crippen LogP contribution in [0.2, 0.25) is 0 Å². The number of imidazole rings is 1. The molecule has 1 amide bonds. The van der Waals surface area contributed by atoms with Crippen LogP contribution in [0.5, 0.6) is 5.75 Å². The lowest BCUT2D eigenvalue weighted by atomic mass is 9.95. The molecule has 4 rings (SSSR count). The molecule has 2 aromatic heterocycles. The minimum atomic E-state index is -0.279. The summed E-state index contributed by atoms with van der Waals surface area (Å²) in [5, 5.41) is 2.84. The summed E-state index contributed by atoms with van der Waals surface area (Å²) in [7, 11) is 1.55. The quantitative estimate of drug-likeness (QED) is 0.736. The van der Waals surface area contributed by atoms with Crippen molar-refractivity contribution in [3.05, 3.63) is 53.1 Å². The van der Waals surface area contributed by atoms with Gasteiger partial charge in [0, 0.05) is 12.2 Å². The smallest absolute Gasteiger partial charge is 0.331 e. The molecule has 7 nitrogen and oxygen atoms in total. The molecular weight excluding hydrogens is 356 g/mol. The third-order valence-electron chi connectivity index (χ3n) is 5.34. The van der Waals surface area contributed by atoms with Crippen molar-refractivity contribution in [1.82, 2.24) is 14.1 Å². The molecule has 1 aliphatic carbocycles. The third-order valence-corrected chi connectivity index (χ3v) is 5.34. The Morgan fingerprint density at radius 3 is 2.75 bits per heavy atom. The van der Waals surface area contributed by atoms with Crippen LogP contribution in [0.3, 0.4) is 0 Å². The van der Waals surface area contributed by atoms with Gasteiger partial charge >= 0.3 is 5.69 Å². The number of methoxy groups -OCH3 is 1. The second-order valence-electron chi connectivity index (χ2n) is 7.13. The van der Waals surface area contributed by atoms with Crippen molar-refractivity contribution in [1.29, 1.82) is 0 Å². The van der Waals surface area contributed by atoms with Crippen LogP contribution in [0.1, 0.15) is 38.1 Å². The largest absolute Gasteiger partial charge is 0.495 e. The Kier molecular flexibility index (Phi) is 5.14. The highest BCUT2D eigenvalue weighted by Crippen LogP contribution is 2.29. The topological polar surface area (TPSA) is 78.1 Å². The molecule has 0 radical (unpaired) electrons. The van der Waals surface area contributed by atoms with Gasteiger partial charge in [0.1, 0.15) is 12.3 Å². The number of fused-ring (bicyclic) bond motifs is 1. The van der Waals surface area contributed by atoms with E-state index in [9.17, 15) is 9.59 Å². The zero-order valence-corrected chi connectivity index (χ0v) is 15.9. The first kappa shape index (κ1) is 18.3. The second kappa shape index (κ2) is 7.88. The predicted molar refractivity (Wildman–Crippen MR) is 108 cm³/mol. The van der Waals surface area contributed by atoms with Crippen LogP contribution >= 0.6 is 0 Å². The van der Waals surface area contributed by atoms with Crippen molar-refractivity contribution in [2.24, 2.45) is 0 Å². The maximum atomic E-state index is 13.2. The third kappa shape index (κ3) is 3.40. The summed E-state index contributed by atoms with van der Waals surface area (Å²) >= 11 is 0. The molecule has 7 heteroatoms. The molecule has 146 valence electrons. The molecule has 1 aliphatic rings. The lowest BCUT2D eigenvalue weighted by Crippen LogP contribution is -2.32. The van der Waals surface area contributed by atoms with Gasteiger partial charge in [0.2, 0.25) is 5.91 Å². The van der Waals surface area contributed by atoms with Gasteiger partial charge < -0.3 is 10.1 Å². The Morgan fingerprint density at radius 2 is 1.96 bits per heavy atom. The van der Waals surface area contributed by atoms with Crippen molar-refractivity contribution in [3.8, 4) is 5.75 Å². The molecule has 0 unspecified atom stereocenters. The molecular formula is C21H24N4O3. The average molecular weight is 380 g/mol. The number of aromatic nitrogens is 3. The molecule has 1 saturated carbocycles. The van der Waals surface area contributed by atoms with Crippen LogP contribution in [0.25, 0.3) is 11.2 Å². The first-order chi connectivity index (χ1) is 13.7. The highest BCUT2D eigenvalue weighted by molar-refractivity contribution is 5.92. The molecule has 1 N–H and O–H groups in total. The van der Waals surface area contributed by atoms with Crippen molar-refractivity contribution in [3.63, 3.8) is 0 Å². The van der Waals surface area contributed by atoms with Gasteiger partial charge in [0.25, 0.3) is 0 Å². The standard InChI is InChI=1S/C21H24N4O3/c1-28-18-12-6-5-10-16(18)23-19(26)14-24-17-11-7-13-22-20(17)25(21(24)27)15-8-3-2-4-9-15/h5-7,10-13,15H,2-4,8-9,14H2,1H3,(H,23,26). The minimum Gasteiger partial charge on any atom is -0.495 e. The minimum absolute atomic E-state index is 0.0706.